The number of hydrogen-bond acceptors (Lipinski definition) is 10. The zero-order valence-corrected chi connectivity index (χ0v) is 44.0. The number of nitrogens with two attached hydrogens (primary N) is 1. The van der Waals surface area contributed by atoms with Crippen LogP contribution in [0.1, 0.15) is 116 Å². The molecule has 6 aliphatic rings. The second-order valence-corrected chi connectivity index (χ2v) is 22.8. The van der Waals surface area contributed by atoms with Crippen LogP contribution in [0.15, 0.2) is 66.7 Å². The van der Waals surface area contributed by atoms with E-state index in [4.69, 9.17) is 26.8 Å². The number of anilines is 1. The molecule has 5 heterocycles. The molecule has 1 aromatic heterocycles. The van der Waals surface area contributed by atoms with Crippen LogP contribution >= 0.6 is 11.6 Å². The number of carbonyl (C=O) groups excluding carboxylic acids is 4. The van der Waals surface area contributed by atoms with Gasteiger partial charge in [-0.1, -0.05) is 54.9 Å². The van der Waals surface area contributed by atoms with Gasteiger partial charge in [-0.05, 0) is 117 Å². The van der Waals surface area contributed by atoms with Crippen molar-refractivity contribution in [3.8, 4) is 22.6 Å². The van der Waals surface area contributed by atoms with Gasteiger partial charge in [-0.25, -0.2) is 13.6 Å². The smallest absolute Gasteiger partial charge is 0.329 e. The van der Waals surface area contributed by atoms with Crippen LogP contribution in [0.25, 0.3) is 22.0 Å². The number of hydrogen-bond donors (Lipinski definition) is 4. The molecule has 5 fully saturated rings. The number of likely N-dealkylation sites (tertiary alicyclic amines) is 2. The topological polar surface area (TPSA) is 185 Å². The number of benzene rings is 4. The largest absolute Gasteiger partial charge is 0.488 e. The van der Waals surface area contributed by atoms with Crippen molar-refractivity contribution in [2.75, 3.05) is 63.9 Å². The molecule has 11 rings (SSSR count). The van der Waals surface area contributed by atoms with Crippen LogP contribution in [0.2, 0.25) is 5.02 Å². The number of urea groups is 1. The second-order valence-electron chi connectivity index (χ2n) is 22.4. The molecule has 0 radical (unpaired) electrons. The molecule has 5 N–H and O–H groups in total. The van der Waals surface area contributed by atoms with Gasteiger partial charge < -0.3 is 35.4 Å². The number of halogens is 3. The molecular formula is C58H67ClF2N8O7. The Balaban J connectivity index is 0.664. The van der Waals surface area contributed by atoms with Crippen LogP contribution in [-0.2, 0) is 22.2 Å². The summed E-state index contributed by atoms with van der Waals surface area (Å²) in [4.78, 5) is 57.4. The third kappa shape index (κ3) is 9.59. The van der Waals surface area contributed by atoms with Crippen molar-refractivity contribution < 1.29 is 42.5 Å². The zero-order chi connectivity index (χ0) is 53.0. The van der Waals surface area contributed by atoms with Crippen LogP contribution < -0.4 is 30.7 Å². The Bertz CT molecular complexity index is 3050. The Hall–Kier alpha value is -6.14. The first kappa shape index (κ1) is 51.9. The predicted molar refractivity (Wildman–Crippen MR) is 284 cm³/mol. The first-order valence-electron chi connectivity index (χ1n) is 27.1. The van der Waals surface area contributed by atoms with Crippen molar-refractivity contribution >= 4 is 52.1 Å². The molecule has 2 atom stereocenters. The number of aliphatic hydroxyl groups is 1. The van der Waals surface area contributed by atoms with E-state index in [-0.39, 0.29) is 76.6 Å². The fourth-order valence-electron chi connectivity index (χ4n) is 13.7. The maximum Gasteiger partial charge on any atom is 0.329 e. The van der Waals surface area contributed by atoms with Gasteiger partial charge in [-0.2, -0.15) is 5.10 Å². The summed E-state index contributed by atoms with van der Waals surface area (Å²) < 4.78 is 46.5. The first-order valence-corrected chi connectivity index (χ1v) is 27.5. The molecule has 5 aromatic rings. The number of aromatic nitrogens is 2. The number of ether oxygens (including phenoxy) is 2. The van der Waals surface area contributed by atoms with Crippen LogP contribution in [0, 0.1) is 28.9 Å². The number of aliphatic hydroxyl groups excluding tert-OH is 1. The van der Waals surface area contributed by atoms with Gasteiger partial charge in [-0.15, -0.1) is 0 Å². The number of nitrogens with zero attached hydrogens (tertiary/aromatic N) is 5. The van der Waals surface area contributed by atoms with E-state index in [9.17, 15) is 24.3 Å². The lowest BCUT2D eigenvalue weighted by Gasteiger charge is -2.55. The van der Waals surface area contributed by atoms with Gasteiger partial charge >= 0.3 is 6.03 Å². The van der Waals surface area contributed by atoms with Crippen molar-refractivity contribution in [3.05, 3.63) is 106 Å². The highest BCUT2D eigenvalue weighted by molar-refractivity contribution is 6.34. The van der Waals surface area contributed by atoms with E-state index >= 15 is 8.78 Å². The Morgan fingerprint density at radius 3 is 2.38 bits per heavy atom. The highest BCUT2D eigenvalue weighted by Gasteiger charge is 2.51. The lowest BCUT2D eigenvalue weighted by atomic mass is 9.64. The number of aryl methyl sites for hydroxylation is 1. The SMILES string of the molecule is CC1c2c(cc(F)c(Cl)c2-c2c(C(N)=O)ccc(OCCO)c2F)OC1(CNC1CCC(C(=O)N2CCC(CN3CC4(CCC(c5ccc6c(N7CCC(=O)NC7=O)nn(C)c6c5)CC4)C3)CC2)CC1)c1ccccc1. The highest BCUT2D eigenvalue weighted by atomic mass is 35.5. The fourth-order valence-corrected chi connectivity index (χ4v) is 13.9. The van der Waals surface area contributed by atoms with Gasteiger partial charge in [-0.3, -0.25) is 29.3 Å². The number of primary amides is 1. The quantitative estimate of drug-likeness (QED) is 0.0841. The van der Waals surface area contributed by atoms with Crippen LogP contribution in [-0.4, -0.2) is 114 Å². The third-order valence-electron chi connectivity index (χ3n) is 17.9. The minimum absolute atomic E-state index is 0.0348. The summed E-state index contributed by atoms with van der Waals surface area (Å²) in [6.45, 7) is 6.94. The van der Waals surface area contributed by atoms with Gasteiger partial charge in [0.25, 0.3) is 0 Å². The van der Waals surface area contributed by atoms with Gasteiger partial charge in [0.15, 0.2) is 23.0 Å². The number of piperidine rings is 1. The minimum Gasteiger partial charge on any atom is -0.488 e. The van der Waals surface area contributed by atoms with E-state index < -0.39 is 35.1 Å². The fraction of sp³-hybridized carbons (Fsp3) is 0.500. The summed E-state index contributed by atoms with van der Waals surface area (Å²) in [5.41, 5.74) is 8.06. The van der Waals surface area contributed by atoms with Crippen molar-refractivity contribution in [2.45, 2.75) is 101 Å². The molecule has 2 aliphatic carbocycles. The molecule has 15 nitrogen and oxygen atoms in total. The molecule has 2 unspecified atom stereocenters. The van der Waals surface area contributed by atoms with Crippen molar-refractivity contribution in [3.63, 3.8) is 0 Å². The first-order chi connectivity index (χ1) is 36.7. The Kier molecular flexibility index (Phi) is 14.4. The lowest BCUT2D eigenvalue weighted by Crippen LogP contribution is -2.58. The lowest BCUT2D eigenvalue weighted by molar-refractivity contribution is -0.138. The maximum absolute atomic E-state index is 16.5. The molecule has 1 spiro atoms. The van der Waals surface area contributed by atoms with E-state index in [1.807, 2.05) is 49.0 Å². The van der Waals surface area contributed by atoms with Crippen molar-refractivity contribution in [1.82, 2.24) is 30.2 Å². The summed E-state index contributed by atoms with van der Waals surface area (Å²) in [6.07, 6.45) is 10.1. The normalized spacial score (nSPS) is 24.1. The number of fused-ring (bicyclic) bond motifs is 2. The van der Waals surface area contributed by atoms with E-state index in [1.54, 1.807) is 4.90 Å². The van der Waals surface area contributed by atoms with Crippen molar-refractivity contribution in [2.24, 2.45) is 30.0 Å². The van der Waals surface area contributed by atoms with Gasteiger partial charge in [0, 0.05) is 105 Å². The number of nitrogens with one attached hydrogen (secondary N) is 2. The molecule has 5 amide bonds. The molecule has 3 saturated heterocycles. The highest BCUT2D eigenvalue weighted by Crippen LogP contribution is 2.57. The van der Waals surface area contributed by atoms with Crippen LogP contribution in [0.4, 0.5) is 19.4 Å². The van der Waals surface area contributed by atoms with Gasteiger partial charge in [0.2, 0.25) is 17.7 Å². The standard InChI is InChI=1S/C58H67ClF2N8O7/c1-34-48-46(29-43(60)51(59)50(48)49-42(53(62)72)14-15-45(52(49)61)75-27-26-70)76-58(34,39-6-4-3-5-7-39)31-63-40-11-8-37(9-12-40)55(73)68-23-18-35(19-24-68)30-67-32-57(33-67)21-16-36(17-22-57)38-10-13-41-44(28-38)66(2)65-54(41)69-25-20-47(71)64-56(69)74/h3-7,10,13-15,28-29,34-37,40,63,70H,8-9,11-12,16-27,30-33H2,1-2H3,(H2,62,72)(H,64,71,74). The van der Waals surface area contributed by atoms with Crippen LogP contribution in [0.5, 0.6) is 11.5 Å². The van der Waals surface area contributed by atoms with Gasteiger partial charge in [0.1, 0.15) is 18.2 Å². The monoisotopic (exact) mass is 1060 g/mol. The Morgan fingerprint density at radius 2 is 1.68 bits per heavy atom. The summed E-state index contributed by atoms with van der Waals surface area (Å²) in [5, 5.41) is 20.8. The summed E-state index contributed by atoms with van der Waals surface area (Å²) in [6, 6.07) is 19.5. The van der Waals surface area contributed by atoms with Crippen molar-refractivity contribution in [1.29, 1.82) is 0 Å². The van der Waals surface area contributed by atoms with Crippen LogP contribution in [0.3, 0.4) is 0 Å². The van der Waals surface area contributed by atoms with E-state index in [0.29, 0.717) is 41.7 Å². The van der Waals surface area contributed by atoms with E-state index in [0.717, 1.165) is 101 Å². The van der Waals surface area contributed by atoms with E-state index in [1.165, 1.54) is 36.6 Å². The number of imide groups is 1. The van der Waals surface area contributed by atoms with Gasteiger partial charge in [0.05, 0.1) is 22.7 Å². The molecule has 76 heavy (non-hydrogen) atoms. The Morgan fingerprint density at radius 1 is 0.947 bits per heavy atom. The molecule has 18 heteroatoms. The summed E-state index contributed by atoms with van der Waals surface area (Å²) >= 11 is 6.74. The average Bonchev–Trinajstić information content (AvgIpc) is 3.92. The molecule has 402 valence electrons. The molecular weight excluding hydrogens is 994 g/mol. The summed E-state index contributed by atoms with van der Waals surface area (Å²) in [7, 11) is 1.91. The predicted octanol–water partition coefficient (Wildman–Crippen LogP) is 8.53. The van der Waals surface area contributed by atoms with E-state index in [2.05, 4.69) is 43.7 Å². The third-order valence-corrected chi connectivity index (χ3v) is 18.2. The molecule has 0 bridgehead atoms. The maximum atomic E-state index is 16.5. The second kappa shape index (κ2) is 21.0. The summed E-state index contributed by atoms with van der Waals surface area (Å²) in [5.74, 6) is -1.76. The minimum atomic E-state index is -1.09. The number of rotatable bonds is 14. The molecule has 2 saturated carbocycles. The number of amides is 5. The average molecular weight is 1060 g/mol. The molecule has 4 aromatic carbocycles. The molecule has 4 aliphatic heterocycles. The zero-order valence-electron chi connectivity index (χ0n) is 43.2. The number of carbonyl (C=O) groups is 4. The Labute approximate surface area is 446 Å².